The number of aryl methyl sites for hydroxylation is 1. The Labute approximate surface area is 94.0 Å². The van der Waals surface area contributed by atoms with Crippen LogP contribution in [0.4, 0.5) is 0 Å². The lowest BCUT2D eigenvalue weighted by Gasteiger charge is -2.05. The van der Waals surface area contributed by atoms with E-state index in [0.29, 0.717) is 19.5 Å². The molecule has 0 aliphatic carbocycles. The third-order valence-electron chi connectivity index (χ3n) is 1.95. The second kappa shape index (κ2) is 6.60. The van der Waals surface area contributed by atoms with Gasteiger partial charge in [-0.25, -0.2) is 0 Å². The lowest BCUT2D eigenvalue weighted by atomic mass is 10.4. The van der Waals surface area contributed by atoms with Crippen LogP contribution in [0, 0.1) is 0 Å². The summed E-state index contributed by atoms with van der Waals surface area (Å²) >= 11 is 0. The first-order chi connectivity index (χ1) is 7.72. The molecule has 0 spiro atoms. The topological polar surface area (TPSA) is 76.0 Å². The molecule has 0 aliphatic rings. The summed E-state index contributed by atoms with van der Waals surface area (Å²) in [7, 11) is 0. The number of aromatic nitrogens is 2. The SMILES string of the molecule is CCNC(=O)CNC(=O)CCn1cccn1. The van der Waals surface area contributed by atoms with Crippen molar-refractivity contribution < 1.29 is 9.59 Å². The summed E-state index contributed by atoms with van der Waals surface area (Å²) in [6.07, 6.45) is 3.77. The van der Waals surface area contributed by atoms with Crippen LogP contribution < -0.4 is 10.6 Å². The lowest BCUT2D eigenvalue weighted by molar-refractivity contribution is -0.126. The molecule has 0 atom stereocenters. The van der Waals surface area contributed by atoms with Gasteiger partial charge in [-0.2, -0.15) is 5.10 Å². The number of nitrogens with zero attached hydrogens (tertiary/aromatic N) is 2. The van der Waals surface area contributed by atoms with E-state index in [9.17, 15) is 9.59 Å². The minimum Gasteiger partial charge on any atom is -0.355 e. The van der Waals surface area contributed by atoms with Crippen LogP contribution in [0.5, 0.6) is 0 Å². The van der Waals surface area contributed by atoms with Gasteiger partial charge in [-0.15, -0.1) is 0 Å². The van der Waals surface area contributed by atoms with Crippen molar-refractivity contribution in [2.45, 2.75) is 19.9 Å². The van der Waals surface area contributed by atoms with E-state index >= 15 is 0 Å². The highest BCUT2D eigenvalue weighted by atomic mass is 16.2. The van der Waals surface area contributed by atoms with Crippen molar-refractivity contribution in [3.63, 3.8) is 0 Å². The molecule has 0 fully saturated rings. The smallest absolute Gasteiger partial charge is 0.239 e. The van der Waals surface area contributed by atoms with Crippen molar-refractivity contribution >= 4 is 11.8 Å². The fraction of sp³-hybridized carbons (Fsp3) is 0.500. The van der Waals surface area contributed by atoms with E-state index in [-0.39, 0.29) is 18.4 Å². The minimum atomic E-state index is -0.171. The predicted octanol–water partition coefficient (Wildman–Crippen LogP) is -0.474. The second-order valence-electron chi connectivity index (χ2n) is 3.25. The third kappa shape index (κ3) is 4.59. The number of carbonyl (C=O) groups is 2. The largest absolute Gasteiger partial charge is 0.355 e. The molecular formula is C10H16N4O2. The molecule has 1 rings (SSSR count). The lowest BCUT2D eigenvalue weighted by Crippen LogP contribution is -2.37. The van der Waals surface area contributed by atoms with E-state index < -0.39 is 0 Å². The third-order valence-corrected chi connectivity index (χ3v) is 1.95. The molecule has 6 heteroatoms. The quantitative estimate of drug-likeness (QED) is 0.685. The Bertz CT molecular complexity index is 335. The minimum absolute atomic E-state index is 0.0335. The first kappa shape index (κ1) is 12.2. The van der Waals surface area contributed by atoms with Crippen LogP contribution >= 0.6 is 0 Å². The molecule has 1 heterocycles. The van der Waals surface area contributed by atoms with Gasteiger partial charge in [0.15, 0.2) is 0 Å². The molecule has 2 amide bonds. The number of likely N-dealkylation sites (N-methyl/N-ethyl adjacent to an activating group) is 1. The van der Waals surface area contributed by atoms with Crippen LogP contribution in [-0.2, 0) is 16.1 Å². The maximum atomic E-state index is 11.3. The molecule has 0 unspecified atom stereocenters. The maximum absolute atomic E-state index is 11.3. The Morgan fingerprint density at radius 1 is 1.31 bits per heavy atom. The van der Waals surface area contributed by atoms with Crippen molar-refractivity contribution in [1.29, 1.82) is 0 Å². The van der Waals surface area contributed by atoms with Gasteiger partial charge >= 0.3 is 0 Å². The highest BCUT2D eigenvalue weighted by molar-refractivity contribution is 5.84. The molecule has 16 heavy (non-hydrogen) atoms. The maximum Gasteiger partial charge on any atom is 0.239 e. The Hall–Kier alpha value is -1.85. The highest BCUT2D eigenvalue weighted by Gasteiger charge is 2.04. The van der Waals surface area contributed by atoms with Crippen molar-refractivity contribution in [2.24, 2.45) is 0 Å². The van der Waals surface area contributed by atoms with Crippen LogP contribution in [0.3, 0.4) is 0 Å². The summed E-state index contributed by atoms with van der Waals surface area (Å²) in [6.45, 7) is 2.96. The summed E-state index contributed by atoms with van der Waals surface area (Å²) in [4.78, 5) is 22.4. The van der Waals surface area contributed by atoms with Gasteiger partial charge in [-0.3, -0.25) is 14.3 Å². The molecule has 0 saturated heterocycles. The highest BCUT2D eigenvalue weighted by Crippen LogP contribution is 1.88. The molecule has 0 bridgehead atoms. The summed E-state index contributed by atoms with van der Waals surface area (Å²) < 4.78 is 1.67. The first-order valence-electron chi connectivity index (χ1n) is 5.23. The second-order valence-corrected chi connectivity index (χ2v) is 3.25. The van der Waals surface area contributed by atoms with Crippen LogP contribution in [0.2, 0.25) is 0 Å². The number of hydrogen-bond acceptors (Lipinski definition) is 3. The summed E-state index contributed by atoms with van der Waals surface area (Å²) in [5, 5.41) is 9.11. The Kier molecular flexibility index (Phi) is 5.04. The van der Waals surface area contributed by atoms with E-state index in [1.54, 1.807) is 23.1 Å². The van der Waals surface area contributed by atoms with Crippen molar-refractivity contribution in [2.75, 3.05) is 13.1 Å². The van der Waals surface area contributed by atoms with Crippen LogP contribution in [0.1, 0.15) is 13.3 Å². The van der Waals surface area contributed by atoms with Crippen molar-refractivity contribution in [3.05, 3.63) is 18.5 Å². The molecule has 88 valence electrons. The average molecular weight is 224 g/mol. The zero-order chi connectivity index (χ0) is 11.8. The molecule has 6 nitrogen and oxygen atoms in total. The van der Waals surface area contributed by atoms with E-state index in [1.807, 2.05) is 6.92 Å². The van der Waals surface area contributed by atoms with Gasteiger partial charge in [0, 0.05) is 31.9 Å². The fourth-order valence-corrected chi connectivity index (χ4v) is 1.18. The normalized spacial score (nSPS) is 9.81. The Balaban J connectivity index is 2.14. The van der Waals surface area contributed by atoms with Crippen molar-refractivity contribution in [1.82, 2.24) is 20.4 Å². The zero-order valence-electron chi connectivity index (χ0n) is 9.27. The Morgan fingerprint density at radius 3 is 2.75 bits per heavy atom. The number of rotatable bonds is 6. The van der Waals surface area contributed by atoms with Crippen LogP contribution in [0.15, 0.2) is 18.5 Å². The molecule has 2 N–H and O–H groups in total. The molecule has 0 radical (unpaired) electrons. The van der Waals surface area contributed by atoms with Gasteiger partial charge in [-0.05, 0) is 13.0 Å². The number of nitrogens with one attached hydrogen (secondary N) is 2. The molecule has 0 saturated carbocycles. The van der Waals surface area contributed by atoms with Crippen LogP contribution in [0.25, 0.3) is 0 Å². The predicted molar refractivity (Wildman–Crippen MR) is 58.5 cm³/mol. The first-order valence-corrected chi connectivity index (χ1v) is 5.23. The van der Waals surface area contributed by atoms with Crippen LogP contribution in [-0.4, -0.2) is 34.7 Å². The number of amides is 2. The molecule has 1 aromatic heterocycles. The Morgan fingerprint density at radius 2 is 2.12 bits per heavy atom. The van der Waals surface area contributed by atoms with Gasteiger partial charge in [-0.1, -0.05) is 0 Å². The fourth-order valence-electron chi connectivity index (χ4n) is 1.18. The summed E-state index contributed by atoms with van der Waals surface area (Å²) in [5.41, 5.74) is 0. The van der Waals surface area contributed by atoms with Gasteiger partial charge in [0.05, 0.1) is 6.54 Å². The van der Waals surface area contributed by atoms with Gasteiger partial charge in [0.2, 0.25) is 11.8 Å². The zero-order valence-corrected chi connectivity index (χ0v) is 9.27. The average Bonchev–Trinajstić information content (AvgIpc) is 2.77. The van der Waals surface area contributed by atoms with Gasteiger partial charge in [0.1, 0.15) is 0 Å². The monoisotopic (exact) mass is 224 g/mol. The van der Waals surface area contributed by atoms with E-state index in [1.165, 1.54) is 0 Å². The van der Waals surface area contributed by atoms with Gasteiger partial charge in [0.25, 0.3) is 0 Å². The molecule has 1 aromatic rings. The number of carbonyl (C=O) groups excluding carboxylic acids is 2. The van der Waals surface area contributed by atoms with E-state index in [4.69, 9.17) is 0 Å². The van der Waals surface area contributed by atoms with Gasteiger partial charge < -0.3 is 10.6 Å². The summed E-state index contributed by atoms with van der Waals surface area (Å²) in [5.74, 6) is -0.323. The molecule has 0 aromatic carbocycles. The standard InChI is InChI=1S/C10H16N4O2/c1-2-11-10(16)8-12-9(15)4-7-14-6-3-5-13-14/h3,5-6H,2,4,7-8H2,1H3,(H,11,16)(H,12,15). The summed E-state index contributed by atoms with van der Waals surface area (Å²) in [6, 6.07) is 1.80. The molecular weight excluding hydrogens is 208 g/mol. The van der Waals surface area contributed by atoms with E-state index in [0.717, 1.165) is 0 Å². The molecule has 0 aliphatic heterocycles. The van der Waals surface area contributed by atoms with E-state index in [2.05, 4.69) is 15.7 Å². The van der Waals surface area contributed by atoms with Crippen molar-refractivity contribution in [3.8, 4) is 0 Å². The number of hydrogen-bond donors (Lipinski definition) is 2.